The molecule has 0 aromatic heterocycles. The van der Waals surface area contributed by atoms with E-state index >= 15 is 0 Å². The Morgan fingerprint density at radius 3 is 2.65 bits per heavy atom. The lowest BCUT2D eigenvalue weighted by Gasteiger charge is -2.40. The van der Waals surface area contributed by atoms with E-state index in [0.29, 0.717) is 19.4 Å². The van der Waals surface area contributed by atoms with Gasteiger partial charge in [-0.15, -0.1) is 12.3 Å². The monoisotopic (exact) mass is 244 g/mol. The molecule has 0 aromatic rings. The molecule has 0 spiro atoms. The van der Waals surface area contributed by atoms with E-state index in [4.69, 9.17) is 21.0 Å². The number of aliphatic hydroxyl groups is 3. The molecular formula is C12H20O5. The van der Waals surface area contributed by atoms with Crippen molar-refractivity contribution in [3.8, 4) is 12.3 Å². The highest BCUT2D eigenvalue weighted by Gasteiger charge is 2.42. The molecule has 1 fully saturated rings. The van der Waals surface area contributed by atoms with Crippen LogP contribution in [-0.4, -0.2) is 53.1 Å². The highest BCUT2D eigenvalue weighted by Crippen LogP contribution is 2.26. The maximum Gasteiger partial charge on any atom is 0.163 e. The van der Waals surface area contributed by atoms with Crippen molar-refractivity contribution in [2.24, 2.45) is 5.92 Å². The molecule has 1 heterocycles. The van der Waals surface area contributed by atoms with Gasteiger partial charge in [0.15, 0.2) is 6.29 Å². The predicted molar refractivity (Wildman–Crippen MR) is 60.9 cm³/mol. The van der Waals surface area contributed by atoms with Crippen LogP contribution in [-0.2, 0) is 9.47 Å². The van der Waals surface area contributed by atoms with Gasteiger partial charge in [-0.05, 0) is 6.42 Å². The van der Waals surface area contributed by atoms with Crippen molar-refractivity contribution in [3.05, 3.63) is 0 Å². The van der Waals surface area contributed by atoms with Gasteiger partial charge in [-0.25, -0.2) is 0 Å². The van der Waals surface area contributed by atoms with Crippen LogP contribution in [0.3, 0.4) is 0 Å². The second-order valence-electron chi connectivity index (χ2n) is 4.24. The third-order valence-electron chi connectivity index (χ3n) is 2.94. The van der Waals surface area contributed by atoms with Crippen molar-refractivity contribution in [2.75, 3.05) is 13.2 Å². The summed E-state index contributed by atoms with van der Waals surface area (Å²) in [6.07, 6.45) is 2.98. The minimum absolute atomic E-state index is 0.348. The van der Waals surface area contributed by atoms with Gasteiger partial charge in [0.2, 0.25) is 0 Å². The summed E-state index contributed by atoms with van der Waals surface area (Å²) >= 11 is 0. The largest absolute Gasteiger partial charge is 0.394 e. The molecule has 3 N–H and O–H groups in total. The standard InChI is InChI=1S/C12H20O5/c1-3-4-5-6-16-12-8(2)10(14)11(15)9(7-13)17-12/h1,8-15H,4-7H2,2H3/t8-,9-,10-,11+,12-/m1/s1. The van der Waals surface area contributed by atoms with Gasteiger partial charge < -0.3 is 24.8 Å². The molecule has 0 bridgehead atoms. The summed E-state index contributed by atoms with van der Waals surface area (Å²) in [5.74, 6) is 2.15. The number of ether oxygens (including phenoxy) is 2. The molecule has 1 aliphatic heterocycles. The summed E-state index contributed by atoms with van der Waals surface area (Å²) in [5, 5.41) is 28.4. The highest BCUT2D eigenvalue weighted by atomic mass is 16.7. The highest BCUT2D eigenvalue weighted by molar-refractivity contribution is 4.87. The molecule has 0 aromatic carbocycles. The van der Waals surface area contributed by atoms with Crippen molar-refractivity contribution >= 4 is 0 Å². The summed E-state index contributed by atoms with van der Waals surface area (Å²) in [4.78, 5) is 0. The maximum absolute atomic E-state index is 9.77. The maximum atomic E-state index is 9.77. The number of rotatable bonds is 5. The Kier molecular flexibility index (Phi) is 5.89. The fraction of sp³-hybridized carbons (Fsp3) is 0.833. The Hall–Kier alpha value is -0.640. The quantitative estimate of drug-likeness (QED) is 0.448. The van der Waals surface area contributed by atoms with E-state index in [1.807, 2.05) is 0 Å². The van der Waals surface area contributed by atoms with Gasteiger partial charge in [0.05, 0.1) is 19.3 Å². The Bertz CT molecular complexity index is 260. The molecule has 5 heteroatoms. The summed E-state index contributed by atoms with van der Waals surface area (Å²) in [6.45, 7) is 1.81. The lowest BCUT2D eigenvalue weighted by molar-refractivity contribution is -0.282. The van der Waals surface area contributed by atoms with Crippen LogP contribution in [0.2, 0.25) is 0 Å². The molecule has 1 rings (SSSR count). The summed E-state index contributed by atoms with van der Waals surface area (Å²) in [5.41, 5.74) is 0. The minimum atomic E-state index is -1.08. The molecule has 5 atom stereocenters. The average Bonchev–Trinajstić information content (AvgIpc) is 2.34. The predicted octanol–water partition coefficient (Wildman–Crippen LogP) is -0.509. The first-order valence-corrected chi connectivity index (χ1v) is 5.79. The summed E-state index contributed by atoms with van der Waals surface area (Å²) in [6, 6.07) is 0. The third-order valence-corrected chi connectivity index (χ3v) is 2.94. The van der Waals surface area contributed by atoms with Gasteiger partial charge in [0.1, 0.15) is 12.2 Å². The van der Waals surface area contributed by atoms with Crippen LogP contribution in [0, 0.1) is 18.3 Å². The number of hydrogen-bond acceptors (Lipinski definition) is 5. The number of unbranched alkanes of at least 4 members (excludes halogenated alkanes) is 1. The zero-order valence-corrected chi connectivity index (χ0v) is 9.95. The van der Waals surface area contributed by atoms with Crippen LogP contribution < -0.4 is 0 Å². The van der Waals surface area contributed by atoms with E-state index in [1.54, 1.807) is 6.92 Å². The fourth-order valence-electron chi connectivity index (χ4n) is 1.78. The van der Waals surface area contributed by atoms with Crippen LogP contribution >= 0.6 is 0 Å². The fourth-order valence-corrected chi connectivity index (χ4v) is 1.78. The first kappa shape index (κ1) is 14.4. The summed E-state index contributed by atoms with van der Waals surface area (Å²) in [7, 11) is 0. The van der Waals surface area contributed by atoms with Gasteiger partial charge in [0.25, 0.3) is 0 Å². The molecule has 1 saturated heterocycles. The van der Waals surface area contributed by atoms with Crippen LogP contribution in [0.1, 0.15) is 19.8 Å². The topological polar surface area (TPSA) is 79.2 Å². The first-order chi connectivity index (χ1) is 8.11. The second-order valence-corrected chi connectivity index (χ2v) is 4.24. The number of hydrogen-bond donors (Lipinski definition) is 3. The van der Waals surface area contributed by atoms with Crippen molar-refractivity contribution in [1.29, 1.82) is 0 Å². The molecule has 5 nitrogen and oxygen atoms in total. The smallest absolute Gasteiger partial charge is 0.163 e. The van der Waals surface area contributed by atoms with Crippen LogP contribution in [0.4, 0.5) is 0 Å². The number of terminal acetylenes is 1. The van der Waals surface area contributed by atoms with Gasteiger partial charge in [-0.2, -0.15) is 0 Å². The van der Waals surface area contributed by atoms with E-state index in [-0.39, 0.29) is 12.5 Å². The Morgan fingerprint density at radius 1 is 1.35 bits per heavy atom. The van der Waals surface area contributed by atoms with E-state index in [1.165, 1.54) is 0 Å². The molecule has 0 radical (unpaired) electrons. The molecule has 17 heavy (non-hydrogen) atoms. The van der Waals surface area contributed by atoms with Gasteiger partial charge >= 0.3 is 0 Å². The summed E-state index contributed by atoms with van der Waals surface area (Å²) < 4.78 is 10.8. The Morgan fingerprint density at radius 2 is 2.06 bits per heavy atom. The lowest BCUT2D eigenvalue weighted by Crippen LogP contribution is -2.55. The normalized spacial score (nSPS) is 37.7. The second kappa shape index (κ2) is 6.94. The molecule has 0 amide bonds. The Labute approximate surface area is 101 Å². The van der Waals surface area contributed by atoms with Crippen molar-refractivity contribution in [2.45, 2.75) is 44.4 Å². The first-order valence-electron chi connectivity index (χ1n) is 5.79. The molecule has 1 aliphatic rings. The van der Waals surface area contributed by atoms with E-state index in [2.05, 4.69) is 5.92 Å². The van der Waals surface area contributed by atoms with E-state index < -0.39 is 24.6 Å². The Balaban J connectivity index is 2.45. The molecule has 0 aliphatic carbocycles. The zero-order valence-electron chi connectivity index (χ0n) is 9.95. The SMILES string of the molecule is C#CCCCO[C@@H]1O[C@H](CO)[C@H](O)[C@H](O)[C@H]1C. The molecular weight excluding hydrogens is 224 g/mol. The van der Waals surface area contributed by atoms with Crippen molar-refractivity contribution in [3.63, 3.8) is 0 Å². The third kappa shape index (κ3) is 3.66. The van der Waals surface area contributed by atoms with Crippen molar-refractivity contribution < 1.29 is 24.8 Å². The zero-order chi connectivity index (χ0) is 12.8. The lowest BCUT2D eigenvalue weighted by atomic mass is 9.92. The van der Waals surface area contributed by atoms with Gasteiger partial charge in [-0.1, -0.05) is 6.92 Å². The van der Waals surface area contributed by atoms with Crippen LogP contribution in [0.25, 0.3) is 0 Å². The minimum Gasteiger partial charge on any atom is -0.394 e. The van der Waals surface area contributed by atoms with Crippen LogP contribution in [0.5, 0.6) is 0 Å². The molecule has 98 valence electrons. The van der Waals surface area contributed by atoms with Gasteiger partial charge in [-0.3, -0.25) is 0 Å². The van der Waals surface area contributed by atoms with E-state index in [9.17, 15) is 10.2 Å². The van der Waals surface area contributed by atoms with E-state index in [0.717, 1.165) is 0 Å². The molecule has 0 unspecified atom stereocenters. The van der Waals surface area contributed by atoms with Crippen molar-refractivity contribution in [1.82, 2.24) is 0 Å². The number of aliphatic hydroxyl groups excluding tert-OH is 3. The van der Waals surface area contributed by atoms with Gasteiger partial charge in [0, 0.05) is 12.3 Å². The average molecular weight is 244 g/mol. The molecule has 0 saturated carbocycles. The van der Waals surface area contributed by atoms with Crippen LogP contribution in [0.15, 0.2) is 0 Å².